The number of aromatic nitrogens is 2. The summed E-state index contributed by atoms with van der Waals surface area (Å²) in [6, 6.07) is 10.9. The molecule has 108 valence electrons. The van der Waals surface area contributed by atoms with E-state index in [1.165, 1.54) is 10.7 Å². The average molecular weight is 283 g/mol. The SMILES string of the molecule is CCCn1nc(-c2ccc(OCC)cc2)cc(C#N)c1=O. The fraction of sp³-hybridized carbons (Fsp3) is 0.312. The van der Waals surface area contributed by atoms with Crippen molar-refractivity contribution in [3.8, 4) is 23.1 Å². The molecule has 0 unspecified atom stereocenters. The maximum atomic E-state index is 12.0. The molecule has 0 N–H and O–H groups in total. The smallest absolute Gasteiger partial charge is 0.284 e. The lowest BCUT2D eigenvalue weighted by molar-refractivity contribution is 0.340. The lowest BCUT2D eigenvalue weighted by Crippen LogP contribution is -2.25. The lowest BCUT2D eigenvalue weighted by atomic mass is 10.1. The summed E-state index contributed by atoms with van der Waals surface area (Å²) in [5, 5.41) is 13.4. The molecule has 0 radical (unpaired) electrons. The first kappa shape index (κ1) is 14.8. The van der Waals surface area contributed by atoms with E-state index in [4.69, 9.17) is 10.00 Å². The predicted molar refractivity (Wildman–Crippen MR) is 80.1 cm³/mol. The second-order valence-corrected chi connectivity index (χ2v) is 4.54. The van der Waals surface area contributed by atoms with E-state index >= 15 is 0 Å². The molecule has 1 aromatic heterocycles. The van der Waals surface area contributed by atoms with Gasteiger partial charge in [0.05, 0.1) is 12.3 Å². The summed E-state index contributed by atoms with van der Waals surface area (Å²) in [6.07, 6.45) is 0.782. The summed E-state index contributed by atoms with van der Waals surface area (Å²) in [7, 11) is 0. The van der Waals surface area contributed by atoms with Crippen molar-refractivity contribution in [1.82, 2.24) is 9.78 Å². The largest absolute Gasteiger partial charge is 0.494 e. The van der Waals surface area contributed by atoms with E-state index in [0.29, 0.717) is 18.8 Å². The number of ether oxygens (including phenoxy) is 1. The zero-order valence-electron chi connectivity index (χ0n) is 12.2. The molecule has 5 nitrogen and oxygen atoms in total. The zero-order valence-corrected chi connectivity index (χ0v) is 12.2. The van der Waals surface area contributed by atoms with E-state index in [1.54, 1.807) is 0 Å². The van der Waals surface area contributed by atoms with Crippen LogP contribution in [0.4, 0.5) is 0 Å². The van der Waals surface area contributed by atoms with Crippen molar-refractivity contribution in [3.63, 3.8) is 0 Å². The van der Waals surface area contributed by atoms with Crippen LogP contribution in [0.25, 0.3) is 11.3 Å². The van der Waals surface area contributed by atoms with Gasteiger partial charge in [0.1, 0.15) is 17.4 Å². The van der Waals surface area contributed by atoms with Gasteiger partial charge in [-0.05, 0) is 43.7 Å². The normalized spacial score (nSPS) is 10.1. The summed E-state index contributed by atoms with van der Waals surface area (Å²) in [5.41, 5.74) is 1.24. The third-order valence-corrected chi connectivity index (χ3v) is 2.99. The summed E-state index contributed by atoms with van der Waals surface area (Å²) >= 11 is 0. The standard InChI is InChI=1S/C16H17N3O2/c1-3-9-19-16(20)13(11-17)10-15(18-19)12-5-7-14(8-6-12)21-4-2/h5-8,10H,3-4,9H2,1-2H3. The first-order valence-electron chi connectivity index (χ1n) is 6.95. The molecule has 0 fully saturated rings. The molecule has 0 atom stereocenters. The Bertz CT molecular complexity index is 712. The fourth-order valence-corrected chi connectivity index (χ4v) is 2.01. The molecule has 0 aliphatic rings. The van der Waals surface area contributed by atoms with Crippen molar-refractivity contribution in [3.05, 3.63) is 46.2 Å². The number of hydrogen-bond donors (Lipinski definition) is 0. The molecule has 0 saturated heterocycles. The van der Waals surface area contributed by atoms with E-state index in [1.807, 2.05) is 44.2 Å². The van der Waals surface area contributed by atoms with Crippen LogP contribution in [0, 0.1) is 11.3 Å². The van der Waals surface area contributed by atoms with Gasteiger partial charge in [-0.2, -0.15) is 10.4 Å². The highest BCUT2D eigenvalue weighted by molar-refractivity contribution is 5.61. The summed E-state index contributed by atoms with van der Waals surface area (Å²) in [5.74, 6) is 0.781. The first-order chi connectivity index (χ1) is 10.2. The van der Waals surface area contributed by atoms with E-state index in [-0.39, 0.29) is 11.1 Å². The number of aryl methyl sites for hydroxylation is 1. The minimum Gasteiger partial charge on any atom is -0.494 e. The number of nitriles is 1. The molecule has 1 heterocycles. The van der Waals surface area contributed by atoms with Gasteiger partial charge >= 0.3 is 0 Å². The van der Waals surface area contributed by atoms with E-state index in [9.17, 15) is 4.79 Å². The highest BCUT2D eigenvalue weighted by Gasteiger charge is 2.09. The Balaban J connectivity index is 2.46. The molecular weight excluding hydrogens is 266 g/mol. The molecule has 0 bridgehead atoms. The molecule has 0 spiro atoms. The third-order valence-electron chi connectivity index (χ3n) is 2.99. The number of hydrogen-bond acceptors (Lipinski definition) is 4. The van der Waals surface area contributed by atoms with Gasteiger partial charge in [-0.25, -0.2) is 4.68 Å². The van der Waals surface area contributed by atoms with Crippen molar-refractivity contribution in [2.24, 2.45) is 0 Å². The van der Waals surface area contributed by atoms with Crippen molar-refractivity contribution >= 4 is 0 Å². The van der Waals surface area contributed by atoms with Gasteiger partial charge in [0.2, 0.25) is 0 Å². The van der Waals surface area contributed by atoms with Crippen LogP contribution in [0.5, 0.6) is 5.75 Å². The Morgan fingerprint density at radius 2 is 2.00 bits per heavy atom. The fourth-order valence-electron chi connectivity index (χ4n) is 2.01. The van der Waals surface area contributed by atoms with E-state index in [2.05, 4.69) is 5.10 Å². The zero-order chi connectivity index (χ0) is 15.2. The van der Waals surface area contributed by atoms with Crippen LogP contribution >= 0.6 is 0 Å². The third kappa shape index (κ3) is 3.29. The topological polar surface area (TPSA) is 67.9 Å². The summed E-state index contributed by atoms with van der Waals surface area (Å²) in [6.45, 7) is 5.00. The Morgan fingerprint density at radius 1 is 1.29 bits per heavy atom. The monoisotopic (exact) mass is 283 g/mol. The van der Waals surface area contributed by atoms with E-state index < -0.39 is 0 Å². The maximum absolute atomic E-state index is 12.0. The van der Waals surface area contributed by atoms with Gasteiger partial charge in [0.25, 0.3) is 5.56 Å². The molecule has 2 rings (SSSR count). The maximum Gasteiger partial charge on any atom is 0.284 e. The average Bonchev–Trinajstić information content (AvgIpc) is 2.51. The Morgan fingerprint density at radius 3 is 2.57 bits per heavy atom. The molecule has 0 amide bonds. The first-order valence-corrected chi connectivity index (χ1v) is 6.95. The molecule has 21 heavy (non-hydrogen) atoms. The van der Waals surface area contributed by atoms with Crippen molar-refractivity contribution in [2.75, 3.05) is 6.61 Å². The minimum absolute atomic E-state index is 0.113. The lowest BCUT2D eigenvalue weighted by Gasteiger charge is -2.08. The van der Waals surface area contributed by atoms with Crippen LogP contribution in [-0.2, 0) is 6.54 Å². The predicted octanol–water partition coefficient (Wildman–Crippen LogP) is 2.59. The van der Waals surface area contributed by atoms with Gasteiger partial charge in [-0.15, -0.1) is 0 Å². The van der Waals surface area contributed by atoms with Gasteiger partial charge in [0, 0.05) is 12.1 Å². The van der Waals surface area contributed by atoms with Gasteiger partial charge in [-0.1, -0.05) is 6.92 Å². The molecule has 0 aliphatic heterocycles. The molecule has 0 saturated carbocycles. The highest BCUT2D eigenvalue weighted by Crippen LogP contribution is 2.20. The Hall–Kier alpha value is -2.61. The second kappa shape index (κ2) is 6.71. The van der Waals surface area contributed by atoms with Crippen LogP contribution in [0.15, 0.2) is 35.1 Å². The summed E-state index contributed by atoms with van der Waals surface area (Å²) in [4.78, 5) is 12.0. The van der Waals surface area contributed by atoms with E-state index in [0.717, 1.165) is 17.7 Å². The van der Waals surface area contributed by atoms with Crippen LogP contribution < -0.4 is 10.3 Å². The second-order valence-electron chi connectivity index (χ2n) is 4.54. The Labute approximate surface area is 123 Å². The molecule has 2 aromatic rings. The number of nitrogens with zero attached hydrogens (tertiary/aromatic N) is 3. The van der Waals surface area contributed by atoms with Crippen molar-refractivity contribution in [1.29, 1.82) is 5.26 Å². The van der Waals surface area contributed by atoms with Crippen molar-refractivity contribution in [2.45, 2.75) is 26.8 Å². The highest BCUT2D eigenvalue weighted by atomic mass is 16.5. The number of benzene rings is 1. The van der Waals surface area contributed by atoms with Crippen LogP contribution in [0.1, 0.15) is 25.8 Å². The molecule has 5 heteroatoms. The van der Waals surface area contributed by atoms with Gasteiger partial charge in [0.15, 0.2) is 0 Å². The van der Waals surface area contributed by atoms with Crippen LogP contribution in [0.3, 0.4) is 0 Å². The minimum atomic E-state index is -0.339. The van der Waals surface area contributed by atoms with Gasteiger partial charge < -0.3 is 4.74 Å². The van der Waals surface area contributed by atoms with Crippen LogP contribution in [0.2, 0.25) is 0 Å². The molecule has 0 aliphatic carbocycles. The summed E-state index contributed by atoms with van der Waals surface area (Å²) < 4.78 is 6.75. The van der Waals surface area contributed by atoms with Crippen LogP contribution in [-0.4, -0.2) is 16.4 Å². The Kier molecular flexibility index (Phi) is 4.72. The molecular formula is C16H17N3O2. The van der Waals surface area contributed by atoms with Crippen molar-refractivity contribution < 1.29 is 4.74 Å². The molecule has 1 aromatic carbocycles. The number of rotatable bonds is 5. The van der Waals surface area contributed by atoms with Gasteiger partial charge in [-0.3, -0.25) is 4.79 Å². The quantitative estimate of drug-likeness (QED) is 0.845.